The molecule has 1 amide bonds. The topological polar surface area (TPSA) is 102 Å². The van der Waals surface area contributed by atoms with Gasteiger partial charge in [-0.1, -0.05) is 29.9 Å². The van der Waals surface area contributed by atoms with Crippen LogP contribution in [0.4, 0.5) is 0 Å². The average molecular weight is 579 g/mol. The van der Waals surface area contributed by atoms with E-state index in [-0.39, 0.29) is 22.8 Å². The number of ether oxygens (including phenoxy) is 2. The van der Waals surface area contributed by atoms with Crippen LogP contribution in [0, 0.1) is 23.2 Å². The highest BCUT2D eigenvalue weighted by molar-refractivity contribution is 5.93. The van der Waals surface area contributed by atoms with Crippen molar-refractivity contribution in [3.8, 4) is 5.75 Å². The Balaban J connectivity index is 0.915. The fourth-order valence-corrected chi connectivity index (χ4v) is 7.53. The van der Waals surface area contributed by atoms with E-state index in [2.05, 4.69) is 57.8 Å². The first-order valence-corrected chi connectivity index (χ1v) is 16.3. The van der Waals surface area contributed by atoms with Crippen molar-refractivity contribution in [2.24, 2.45) is 33.9 Å². The quantitative estimate of drug-likeness (QED) is 0.299. The standard InChI is InChI=1S/C36H42N4O3/c37-34(41)25-12-15-31(38-20-25)43-26-13-10-24(11-14-26)33(23-8-9-23)36(18-19-36)39-21-35(16-17-35)22-42-30-7-3-6-29-32(30)27-4-1-2-5-28(27)40-29/h2-3,5-7,10,12-13,15,23,25,33,39-40H,1,4,8-9,11,14,16-22H2,(H2,37,41). The number of carbonyl (C=O) groups excluding carboxylic acids is 1. The summed E-state index contributed by atoms with van der Waals surface area (Å²) < 4.78 is 12.7. The minimum Gasteiger partial charge on any atom is -0.492 e. The van der Waals surface area contributed by atoms with Crippen LogP contribution in [0.15, 0.2) is 64.9 Å². The lowest BCUT2D eigenvalue weighted by Gasteiger charge is -2.33. The van der Waals surface area contributed by atoms with Gasteiger partial charge in [0, 0.05) is 46.4 Å². The molecule has 0 saturated heterocycles. The number of dihydropyridines is 1. The SMILES string of the molecule is NC(=O)C1C=CC(OC2=CC=C(C(C3CC3)C3(NCC4(COc5cccc6[nH]c7c(c56)CCC=C7)CC4)CC3)CC2)=NC1. The van der Waals surface area contributed by atoms with Crippen LogP contribution in [0.2, 0.25) is 0 Å². The zero-order valence-electron chi connectivity index (χ0n) is 24.9. The second kappa shape index (κ2) is 10.5. The van der Waals surface area contributed by atoms with Crippen molar-refractivity contribution < 1.29 is 14.3 Å². The molecule has 3 fully saturated rings. The summed E-state index contributed by atoms with van der Waals surface area (Å²) in [6.07, 6.45) is 24.3. The maximum absolute atomic E-state index is 11.4. The van der Waals surface area contributed by atoms with E-state index in [9.17, 15) is 4.79 Å². The minimum absolute atomic E-state index is 0.237. The van der Waals surface area contributed by atoms with Gasteiger partial charge in [0.15, 0.2) is 0 Å². The van der Waals surface area contributed by atoms with Crippen molar-refractivity contribution in [1.82, 2.24) is 10.3 Å². The summed E-state index contributed by atoms with van der Waals surface area (Å²) >= 11 is 0. The first-order chi connectivity index (χ1) is 21.0. The van der Waals surface area contributed by atoms with E-state index in [1.807, 2.05) is 0 Å². The highest BCUT2D eigenvalue weighted by Gasteiger charge is 2.57. The van der Waals surface area contributed by atoms with E-state index < -0.39 is 0 Å². The van der Waals surface area contributed by atoms with Gasteiger partial charge >= 0.3 is 0 Å². The summed E-state index contributed by atoms with van der Waals surface area (Å²) in [6.45, 7) is 2.18. The molecular formula is C36H42N4O3. The summed E-state index contributed by atoms with van der Waals surface area (Å²) in [5.74, 6) is 3.28. The van der Waals surface area contributed by atoms with Crippen LogP contribution in [0.25, 0.3) is 17.0 Å². The molecule has 8 rings (SSSR count). The number of fused-ring (bicyclic) bond motifs is 3. The van der Waals surface area contributed by atoms with Gasteiger partial charge in [0.2, 0.25) is 11.8 Å². The van der Waals surface area contributed by atoms with E-state index in [1.54, 1.807) is 17.7 Å². The number of hydrogen-bond acceptors (Lipinski definition) is 5. The average Bonchev–Trinajstić information content (AvgIpc) is 3.94. The van der Waals surface area contributed by atoms with E-state index in [4.69, 9.17) is 15.2 Å². The predicted octanol–water partition coefficient (Wildman–Crippen LogP) is 6.13. The van der Waals surface area contributed by atoms with E-state index in [0.29, 0.717) is 18.4 Å². The summed E-state index contributed by atoms with van der Waals surface area (Å²) in [6, 6.07) is 6.44. The predicted molar refractivity (Wildman–Crippen MR) is 170 cm³/mol. The monoisotopic (exact) mass is 578 g/mol. The van der Waals surface area contributed by atoms with Crippen molar-refractivity contribution in [2.45, 2.75) is 69.7 Å². The number of nitrogens with one attached hydrogen (secondary N) is 2. The van der Waals surface area contributed by atoms with E-state index >= 15 is 0 Å². The molecule has 2 aromatic rings. The maximum atomic E-state index is 11.4. The Bertz CT molecular complexity index is 1600. The molecule has 224 valence electrons. The minimum atomic E-state index is -0.345. The third-order valence-corrected chi connectivity index (χ3v) is 10.6. The molecule has 2 unspecified atom stereocenters. The molecule has 7 nitrogen and oxygen atoms in total. The fourth-order valence-electron chi connectivity index (χ4n) is 7.53. The lowest BCUT2D eigenvalue weighted by molar-refractivity contribution is -0.120. The molecule has 1 aliphatic heterocycles. The molecule has 5 aliphatic carbocycles. The first-order valence-electron chi connectivity index (χ1n) is 16.3. The number of primary amides is 1. The van der Waals surface area contributed by atoms with Gasteiger partial charge in [-0.3, -0.25) is 9.79 Å². The van der Waals surface area contributed by atoms with Gasteiger partial charge in [-0.15, -0.1) is 0 Å². The summed E-state index contributed by atoms with van der Waals surface area (Å²) in [5, 5.41) is 5.42. The number of amides is 1. The largest absolute Gasteiger partial charge is 0.492 e. The van der Waals surface area contributed by atoms with E-state index in [1.165, 1.54) is 60.7 Å². The Morgan fingerprint density at radius 3 is 2.70 bits per heavy atom. The van der Waals surface area contributed by atoms with Crippen LogP contribution < -0.4 is 15.8 Å². The Labute approximate surface area is 253 Å². The number of H-pyrrole nitrogens is 1. The number of nitrogens with zero attached hydrogens (tertiary/aromatic N) is 1. The molecule has 4 N–H and O–H groups in total. The molecule has 3 saturated carbocycles. The molecule has 0 spiro atoms. The summed E-state index contributed by atoms with van der Waals surface area (Å²) in [5.41, 5.74) is 11.3. The Hall–Kier alpha value is -3.58. The third-order valence-electron chi connectivity index (χ3n) is 10.6. The molecule has 2 atom stereocenters. The van der Waals surface area contributed by atoms with E-state index in [0.717, 1.165) is 56.3 Å². The summed E-state index contributed by atoms with van der Waals surface area (Å²) in [7, 11) is 0. The molecule has 7 heteroatoms. The zero-order chi connectivity index (χ0) is 29.0. The lowest BCUT2D eigenvalue weighted by Crippen LogP contribution is -2.44. The highest BCUT2D eigenvalue weighted by atomic mass is 16.5. The smallest absolute Gasteiger partial charge is 0.226 e. The first kappa shape index (κ1) is 27.0. The number of rotatable bonds is 11. The molecule has 6 aliphatic rings. The van der Waals surface area contributed by atoms with Gasteiger partial charge in [-0.2, -0.15) is 0 Å². The molecule has 43 heavy (non-hydrogen) atoms. The van der Waals surface area contributed by atoms with Crippen LogP contribution in [-0.4, -0.2) is 42.0 Å². The number of aromatic amines is 1. The molecule has 1 aromatic carbocycles. The Morgan fingerprint density at radius 2 is 2.00 bits per heavy atom. The fraction of sp³-hybridized carbons (Fsp3) is 0.500. The molecule has 2 heterocycles. The molecule has 0 bridgehead atoms. The number of carbonyl (C=O) groups is 1. The summed E-state index contributed by atoms with van der Waals surface area (Å²) in [4.78, 5) is 19.4. The normalized spacial score (nSPS) is 25.3. The molecule has 0 radical (unpaired) electrons. The van der Waals surface area contributed by atoms with Gasteiger partial charge in [-0.25, -0.2) is 0 Å². The van der Waals surface area contributed by atoms with Crippen LogP contribution >= 0.6 is 0 Å². The number of hydrogen-bond donors (Lipinski definition) is 3. The van der Waals surface area contributed by atoms with Gasteiger partial charge in [0.25, 0.3) is 0 Å². The zero-order valence-corrected chi connectivity index (χ0v) is 24.9. The van der Waals surface area contributed by atoms with Gasteiger partial charge in [0.05, 0.1) is 19.1 Å². The second-order valence-corrected chi connectivity index (χ2v) is 13.8. The lowest BCUT2D eigenvalue weighted by atomic mass is 9.80. The van der Waals surface area contributed by atoms with Crippen LogP contribution in [0.1, 0.15) is 69.0 Å². The number of allylic oxidation sites excluding steroid dienone is 4. The van der Waals surface area contributed by atoms with Crippen molar-refractivity contribution in [3.05, 3.63) is 71.2 Å². The van der Waals surface area contributed by atoms with Gasteiger partial charge in [0.1, 0.15) is 11.5 Å². The number of benzene rings is 1. The second-order valence-electron chi connectivity index (χ2n) is 13.8. The number of aryl methyl sites for hydroxylation is 1. The van der Waals surface area contributed by atoms with Crippen LogP contribution in [-0.2, 0) is 16.0 Å². The Morgan fingerprint density at radius 1 is 1.12 bits per heavy atom. The Kier molecular flexibility index (Phi) is 6.62. The van der Waals surface area contributed by atoms with Gasteiger partial charge < -0.3 is 25.5 Å². The van der Waals surface area contributed by atoms with Crippen LogP contribution in [0.5, 0.6) is 5.75 Å². The van der Waals surface area contributed by atoms with Crippen molar-refractivity contribution in [1.29, 1.82) is 0 Å². The van der Waals surface area contributed by atoms with Crippen molar-refractivity contribution in [2.75, 3.05) is 19.7 Å². The third kappa shape index (κ3) is 5.37. The number of aliphatic imine (C=N–C) groups is 1. The van der Waals surface area contributed by atoms with Crippen LogP contribution in [0.3, 0.4) is 0 Å². The molecule has 1 aromatic heterocycles. The van der Waals surface area contributed by atoms with Crippen molar-refractivity contribution >= 4 is 28.8 Å². The number of nitrogens with two attached hydrogens (primary N) is 1. The highest BCUT2D eigenvalue weighted by Crippen LogP contribution is 2.57. The molecular weight excluding hydrogens is 536 g/mol. The maximum Gasteiger partial charge on any atom is 0.226 e. The van der Waals surface area contributed by atoms with Crippen molar-refractivity contribution in [3.63, 3.8) is 0 Å². The number of aromatic nitrogens is 1. The van der Waals surface area contributed by atoms with Gasteiger partial charge in [-0.05, 0) is 99.6 Å².